The average molecular weight is 336 g/mol. The summed E-state index contributed by atoms with van der Waals surface area (Å²) < 4.78 is 0. The highest BCUT2D eigenvalue weighted by Crippen LogP contribution is 2.44. The van der Waals surface area contributed by atoms with Gasteiger partial charge in [0.05, 0.1) is 0 Å². The number of allylic oxidation sites excluding steroid dienone is 2. The molecule has 0 fully saturated rings. The van der Waals surface area contributed by atoms with Crippen LogP contribution in [0.4, 0.5) is 0 Å². The van der Waals surface area contributed by atoms with Crippen molar-refractivity contribution < 1.29 is 10.2 Å². The molecule has 2 aromatic carbocycles. The van der Waals surface area contributed by atoms with Gasteiger partial charge in [0.2, 0.25) is 0 Å². The standard InChI is InChI=1S/C23H28O2/c1-14-9-16(3)22(24)20(11-14)19(13-18-7-5-6-8-18)21-12-15(2)10-17(4)23(21)25/h5,7,9-12,18-19,24-25H,6,8,13H2,1-4H3. The second-order valence-electron chi connectivity index (χ2n) is 7.59. The lowest BCUT2D eigenvalue weighted by molar-refractivity contribution is 0.436. The number of hydrogen-bond acceptors (Lipinski definition) is 2. The average Bonchev–Trinajstić information content (AvgIpc) is 3.05. The van der Waals surface area contributed by atoms with Gasteiger partial charge in [0.1, 0.15) is 11.5 Å². The molecule has 0 radical (unpaired) electrons. The van der Waals surface area contributed by atoms with Gasteiger partial charge in [-0.05, 0) is 64.0 Å². The maximum Gasteiger partial charge on any atom is 0.122 e. The Morgan fingerprint density at radius 1 is 0.880 bits per heavy atom. The highest BCUT2D eigenvalue weighted by Gasteiger charge is 2.26. The summed E-state index contributed by atoms with van der Waals surface area (Å²) >= 11 is 0. The van der Waals surface area contributed by atoms with E-state index >= 15 is 0 Å². The van der Waals surface area contributed by atoms with E-state index < -0.39 is 0 Å². The summed E-state index contributed by atoms with van der Waals surface area (Å²) in [5, 5.41) is 21.5. The highest BCUT2D eigenvalue weighted by molar-refractivity contribution is 5.53. The molecule has 25 heavy (non-hydrogen) atoms. The van der Waals surface area contributed by atoms with E-state index in [-0.39, 0.29) is 5.92 Å². The van der Waals surface area contributed by atoms with E-state index in [4.69, 9.17) is 0 Å². The molecular formula is C23H28O2. The van der Waals surface area contributed by atoms with Gasteiger partial charge in [-0.25, -0.2) is 0 Å². The first-order valence-corrected chi connectivity index (χ1v) is 9.13. The summed E-state index contributed by atoms with van der Waals surface area (Å²) in [5.41, 5.74) is 5.93. The Morgan fingerprint density at radius 3 is 1.84 bits per heavy atom. The number of benzene rings is 2. The monoisotopic (exact) mass is 336 g/mol. The molecule has 2 nitrogen and oxygen atoms in total. The molecule has 0 spiro atoms. The van der Waals surface area contributed by atoms with Crippen molar-refractivity contribution in [3.8, 4) is 11.5 Å². The van der Waals surface area contributed by atoms with Crippen molar-refractivity contribution in [3.05, 3.63) is 69.8 Å². The van der Waals surface area contributed by atoms with Gasteiger partial charge in [0.25, 0.3) is 0 Å². The molecule has 2 aromatic rings. The van der Waals surface area contributed by atoms with E-state index in [1.165, 1.54) is 0 Å². The summed E-state index contributed by atoms with van der Waals surface area (Å²) in [6, 6.07) is 8.16. The molecule has 2 N–H and O–H groups in total. The third kappa shape index (κ3) is 3.58. The van der Waals surface area contributed by atoms with Gasteiger partial charge in [-0.3, -0.25) is 0 Å². The minimum Gasteiger partial charge on any atom is -0.507 e. The van der Waals surface area contributed by atoms with Gasteiger partial charge in [-0.2, -0.15) is 0 Å². The number of rotatable bonds is 4. The Balaban J connectivity index is 2.15. The molecule has 2 heteroatoms. The summed E-state index contributed by atoms with van der Waals surface area (Å²) in [4.78, 5) is 0. The number of aromatic hydroxyl groups is 2. The zero-order chi connectivity index (χ0) is 18.1. The first-order valence-electron chi connectivity index (χ1n) is 9.13. The number of aryl methyl sites for hydroxylation is 4. The quantitative estimate of drug-likeness (QED) is 0.691. The molecule has 132 valence electrons. The van der Waals surface area contributed by atoms with Crippen molar-refractivity contribution in [3.63, 3.8) is 0 Å². The lowest BCUT2D eigenvalue weighted by atomic mass is 9.80. The molecule has 0 bridgehead atoms. The minimum absolute atomic E-state index is 0.00931. The van der Waals surface area contributed by atoms with E-state index in [2.05, 4.69) is 38.1 Å². The minimum atomic E-state index is -0.00931. The van der Waals surface area contributed by atoms with Gasteiger partial charge < -0.3 is 10.2 Å². The van der Waals surface area contributed by atoms with Crippen molar-refractivity contribution in [1.82, 2.24) is 0 Å². The Hall–Kier alpha value is -2.22. The van der Waals surface area contributed by atoms with Crippen LogP contribution in [0.5, 0.6) is 11.5 Å². The molecule has 0 heterocycles. The van der Waals surface area contributed by atoms with Crippen molar-refractivity contribution >= 4 is 0 Å². The van der Waals surface area contributed by atoms with Gasteiger partial charge in [-0.1, -0.05) is 47.5 Å². The summed E-state index contributed by atoms with van der Waals surface area (Å²) in [7, 11) is 0. The SMILES string of the molecule is Cc1cc(C)c(O)c(C(CC2C=CCC2)c2cc(C)cc(C)c2O)c1. The van der Waals surface area contributed by atoms with Crippen LogP contribution in [-0.4, -0.2) is 10.2 Å². The molecular weight excluding hydrogens is 308 g/mol. The van der Waals surface area contributed by atoms with Crippen LogP contribution in [0.15, 0.2) is 36.4 Å². The first-order chi connectivity index (χ1) is 11.9. The first kappa shape index (κ1) is 17.6. The van der Waals surface area contributed by atoms with Crippen LogP contribution in [0, 0.1) is 33.6 Å². The largest absolute Gasteiger partial charge is 0.507 e. The smallest absolute Gasteiger partial charge is 0.122 e. The molecule has 0 saturated carbocycles. The fourth-order valence-electron chi connectivity index (χ4n) is 4.13. The number of hydrogen-bond donors (Lipinski definition) is 2. The predicted octanol–water partition coefficient (Wildman–Crippen LogP) is 5.82. The van der Waals surface area contributed by atoms with Crippen LogP contribution in [-0.2, 0) is 0 Å². The molecule has 1 aliphatic carbocycles. The molecule has 0 saturated heterocycles. The van der Waals surface area contributed by atoms with Gasteiger partial charge >= 0.3 is 0 Å². The fourth-order valence-corrected chi connectivity index (χ4v) is 4.13. The lowest BCUT2D eigenvalue weighted by Gasteiger charge is -2.25. The topological polar surface area (TPSA) is 40.5 Å². The van der Waals surface area contributed by atoms with Gasteiger partial charge in [0, 0.05) is 17.0 Å². The maximum absolute atomic E-state index is 10.8. The molecule has 0 aromatic heterocycles. The van der Waals surface area contributed by atoms with E-state index in [1.54, 1.807) is 0 Å². The second-order valence-corrected chi connectivity index (χ2v) is 7.59. The third-order valence-electron chi connectivity index (χ3n) is 5.35. The zero-order valence-electron chi connectivity index (χ0n) is 15.6. The third-order valence-corrected chi connectivity index (χ3v) is 5.35. The van der Waals surface area contributed by atoms with Crippen LogP contribution < -0.4 is 0 Å². The predicted molar refractivity (Wildman–Crippen MR) is 103 cm³/mol. The summed E-state index contributed by atoms with van der Waals surface area (Å²) in [5.74, 6) is 1.20. The highest BCUT2D eigenvalue weighted by atomic mass is 16.3. The fraction of sp³-hybridized carbons (Fsp3) is 0.391. The van der Waals surface area contributed by atoms with Crippen LogP contribution in [0.25, 0.3) is 0 Å². The molecule has 1 atom stereocenters. The molecule has 1 aliphatic rings. The summed E-state index contributed by atoms with van der Waals surface area (Å²) in [6.45, 7) is 8.01. The van der Waals surface area contributed by atoms with E-state index in [9.17, 15) is 10.2 Å². The molecule has 3 rings (SSSR count). The lowest BCUT2D eigenvalue weighted by Crippen LogP contribution is -2.09. The van der Waals surface area contributed by atoms with Crippen LogP contribution in [0.2, 0.25) is 0 Å². The molecule has 0 amide bonds. The van der Waals surface area contributed by atoms with Crippen LogP contribution in [0.1, 0.15) is 58.6 Å². The normalized spacial score (nSPS) is 16.8. The van der Waals surface area contributed by atoms with Gasteiger partial charge in [0.15, 0.2) is 0 Å². The number of phenolic OH excluding ortho intramolecular Hbond substituents is 2. The maximum atomic E-state index is 10.8. The van der Waals surface area contributed by atoms with Crippen molar-refractivity contribution in [1.29, 1.82) is 0 Å². The van der Waals surface area contributed by atoms with Crippen molar-refractivity contribution in [2.24, 2.45) is 5.92 Å². The van der Waals surface area contributed by atoms with Crippen LogP contribution in [0.3, 0.4) is 0 Å². The van der Waals surface area contributed by atoms with Crippen molar-refractivity contribution in [2.45, 2.75) is 52.9 Å². The molecule has 0 aliphatic heterocycles. The Morgan fingerprint density at radius 2 is 1.40 bits per heavy atom. The van der Waals surface area contributed by atoms with E-state index in [0.717, 1.165) is 52.6 Å². The molecule has 1 unspecified atom stereocenters. The number of phenols is 2. The van der Waals surface area contributed by atoms with Crippen LogP contribution >= 0.6 is 0 Å². The van der Waals surface area contributed by atoms with E-state index in [1.807, 2.05) is 26.0 Å². The van der Waals surface area contributed by atoms with Gasteiger partial charge in [-0.15, -0.1) is 0 Å². The Labute approximate surface area is 150 Å². The Kier molecular flexibility index (Phi) is 4.89. The summed E-state index contributed by atoms with van der Waals surface area (Å²) in [6.07, 6.45) is 7.70. The second kappa shape index (κ2) is 6.95. The Bertz CT molecular complexity index is 760. The van der Waals surface area contributed by atoms with E-state index in [0.29, 0.717) is 17.4 Å². The zero-order valence-corrected chi connectivity index (χ0v) is 15.6. The van der Waals surface area contributed by atoms with Crippen molar-refractivity contribution in [2.75, 3.05) is 0 Å².